The zero-order chi connectivity index (χ0) is 8.10. The number of hydrogen-bond acceptors (Lipinski definition) is 0. The Bertz CT molecular complexity index is 294. The van der Waals surface area contributed by atoms with Crippen LogP contribution in [-0.2, 0) is 0 Å². The lowest BCUT2D eigenvalue weighted by atomic mass is 10.2. The molecule has 0 unspecified atom stereocenters. The van der Waals surface area contributed by atoms with E-state index < -0.39 is 0 Å². The maximum absolute atomic E-state index is 3.10. The zero-order valence-electron chi connectivity index (χ0n) is 5.77. The van der Waals surface area contributed by atoms with Crippen molar-refractivity contribution >= 4 is 45.2 Å². The van der Waals surface area contributed by atoms with E-state index in [1.54, 1.807) is 0 Å². The van der Waals surface area contributed by atoms with Crippen molar-refractivity contribution in [3.05, 3.63) is 33.4 Å². The molecule has 0 atom stereocenters. The molecule has 0 radical (unpaired) electrons. The summed E-state index contributed by atoms with van der Waals surface area (Å²) in [7, 11) is 0. The quantitative estimate of drug-likeness (QED) is 0.375. The fourth-order valence-electron chi connectivity index (χ4n) is 0.691. The van der Waals surface area contributed by atoms with Gasteiger partial charge in [-0.1, -0.05) is 46.6 Å². The van der Waals surface area contributed by atoms with Crippen LogP contribution >= 0.6 is 45.2 Å². The van der Waals surface area contributed by atoms with E-state index in [0.717, 1.165) is 9.99 Å². The van der Waals surface area contributed by atoms with Crippen molar-refractivity contribution in [1.29, 1.82) is 0 Å². The van der Waals surface area contributed by atoms with Crippen molar-refractivity contribution in [1.82, 2.24) is 0 Å². The second-order valence-electron chi connectivity index (χ2n) is 1.92. The molecule has 11 heavy (non-hydrogen) atoms. The lowest BCUT2D eigenvalue weighted by Crippen LogP contribution is -1.78. The molecule has 2 heteroatoms. The van der Waals surface area contributed by atoms with E-state index in [-0.39, 0.29) is 0 Å². The van der Waals surface area contributed by atoms with Crippen LogP contribution in [0.1, 0.15) is 5.56 Å². The molecule has 0 heterocycles. The molecule has 1 rings (SSSR count). The normalized spacial score (nSPS) is 8.55. The molecule has 0 aromatic heterocycles. The van der Waals surface area contributed by atoms with Gasteiger partial charge in [0.15, 0.2) is 0 Å². The molecular weight excluding hydrogens is 362 g/mol. The Morgan fingerprint density at radius 2 is 2.00 bits per heavy atom. The van der Waals surface area contributed by atoms with Crippen LogP contribution in [0.3, 0.4) is 0 Å². The van der Waals surface area contributed by atoms with Crippen LogP contribution in [0.25, 0.3) is 0 Å². The fraction of sp³-hybridized carbons (Fsp3) is 0.111. The summed E-state index contributed by atoms with van der Waals surface area (Å²) in [5.74, 6) is 6.13. The van der Waals surface area contributed by atoms with Gasteiger partial charge in [-0.2, -0.15) is 0 Å². The molecule has 0 saturated heterocycles. The van der Waals surface area contributed by atoms with Crippen LogP contribution in [-0.4, -0.2) is 4.43 Å². The monoisotopic (exact) mass is 368 g/mol. The van der Waals surface area contributed by atoms with Gasteiger partial charge in [0.2, 0.25) is 0 Å². The van der Waals surface area contributed by atoms with E-state index in [1.807, 2.05) is 18.2 Å². The first-order chi connectivity index (χ1) is 5.34. The third-order valence-corrected chi connectivity index (χ3v) is 2.49. The summed E-state index contributed by atoms with van der Waals surface area (Å²) in [6, 6.07) is 8.15. The van der Waals surface area contributed by atoms with E-state index in [9.17, 15) is 0 Å². The number of hydrogen-bond donors (Lipinski definition) is 0. The van der Waals surface area contributed by atoms with E-state index in [1.165, 1.54) is 3.57 Å². The molecule has 0 N–H and O–H groups in total. The van der Waals surface area contributed by atoms with Crippen LogP contribution < -0.4 is 0 Å². The molecule has 1 aromatic carbocycles. The maximum Gasteiger partial charge on any atom is 0.0613 e. The average Bonchev–Trinajstić information content (AvgIpc) is 2.03. The SMILES string of the molecule is ICC#Cc1ccccc1I. The van der Waals surface area contributed by atoms with Gasteiger partial charge < -0.3 is 0 Å². The number of benzene rings is 1. The second-order valence-corrected chi connectivity index (χ2v) is 3.84. The predicted molar refractivity (Wildman–Crippen MR) is 64.9 cm³/mol. The first-order valence-corrected chi connectivity index (χ1v) is 5.74. The largest absolute Gasteiger partial charge is 0.0872 e. The minimum absolute atomic E-state index is 0.892. The van der Waals surface area contributed by atoms with E-state index in [4.69, 9.17) is 0 Å². The third-order valence-electron chi connectivity index (χ3n) is 1.16. The van der Waals surface area contributed by atoms with Gasteiger partial charge in [-0.25, -0.2) is 0 Å². The van der Waals surface area contributed by atoms with Crippen molar-refractivity contribution in [3.8, 4) is 11.8 Å². The van der Waals surface area contributed by atoms with Gasteiger partial charge in [0.1, 0.15) is 0 Å². The zero-order valence-corrected chi connectivity index (χ0v) is 10.1. The summed E-state index contributed by atoms with van der Waals surface area (Å²) in [6.07, 6.45) is 0. The number of rotatable bonds is 0. The van der Waals surface area contributed by atoms with Gasteiger partial charge in [0, 0.05) is 9.13 Å². The Morgan fingerprint density at radius 1 is 1.27 bits per heavy atom. The minimum atomic E-state index is 0.892. The summed E-state index contributed by atoms with van der Waals surface area (Å²) in [4.78, 5) is 0. The van der Waals surface area contributed by atoms with Crippen LogP contribution in [0, 0.1) is 15.4 Å². The van der Waals surface area contributed by atoms with E-state index in [0.29, 0.717) is 0 Å². The molecule has 0 amide bonds. The van der Waals surface area contributed by atoms with Crippen molar-refractivity contribution in [2.24, 2.45) is 0 Å². The standard InChI is InChI=1S/C9H6I2/c10-7-3-5-8-4-1-2-6-9(8)11/h1-2,4,6H,7H2. The maximum atomic E-state index is 3.10. The summed E-state index contributed by atoms with van der Waals surface area (Å²) < 4.78 is 2.12. The molecule has 0 fully saturated rings. The van der Waals surface area contributed by atoms with Crippen LogP contribution in [0.2, 0.25) is 0 Å². The first-order valence-electron chi connectivity index (χ1n) is 3.14. The van der Waals surface area contributed by atoms with Gasteiger partial charge in [0.05, 0.1) is 4.43 Å². The van der Waals surface area contributed by atoms with Gasteiger partial charge in [-0.05, 0) is 34.7 Å². The van der Waals surface area contributed by atoms with Crippen molar-refractivity contribution in [2.75, 3.05) is 4.43 Å². The lowest BCUT2D eigenvalue weighted by molar-refractivity contribution is 1.58. The summed E-state index contributed by atoms with van der Waals surface area (Å²) >= 11 is 4.54. The van der Waals surface area contributed by atoms with Crippen LogP contribution in [0.4, 0.5) is 0 Å². The Morgan fingerprint density at radius 3 is 2.64 bits per heavy atom. The lowest BCUT2D eigenvalue weighted by Gasteiger charge is -1.91. The highest BCUT2D eigenvalue weighted by Crippen LogP contribution is 2.09. The molecule has 0 aliphatic rings. The number of halogens is 2. The second kappa shape index (κ2) is 4.99. The predicted octanol–water partition coefficient (Wildman–Crippen LogP) is 3.08. The molecule has 0 bridgehead atoms. The smallest absolute Gasteiger partial charge is 0.0613 e. The summed E-state index contributed by atoms with van der Waals surface area (Å²) in [6.45, 7) is 0. The number of alkyl halides is 1. The van der Waals surface area contributed by atoms with E-state index in [2.05, 4.69) is 63.1 Å². The third kappa shape index (κ3) is 2.99. The van der Waals surface area contributed by atoms with Crippen molar-refractivity contribution < 1.29 is 0 Å². The molecule has 0 aliphatic heterocycles. The van der Waals surface area contributed by atoms with Crippen LogP contribution in [0.15, 0.2) is 24.3 Å². The average molecular weight is 368 g/mol. The van der Waals surface area contributed by atoms with Gasteiger partial charge in [-0.15, -0.1) is 0 Å². The van der Waals surface area contributed by atoms with Gasteiger partial charge >= 0.3 is 0 Å². The highest BCUT2D eigenvalue weighted by Gasteiger charge is 1.90. The Labute approximate surface area is 94.0 Å². The van der Waals surface area contributed by atoms with Crippen molar-refractivity contribution in [2.45, 2.75) is 0 Å². The molecule has 0 saturated carbocycles. The first kappa shape index (κ1) is 9.33. The van der Waals surface area contributed by atoms with Crippen LogP contribution in [0.5, 0.6) is 0 Å². The highest BCUT2D eigenvalue weighted by molar-refractivity contribution is 14.1. The Hall–Kier alpha value is 0.240. The highest BCUT2D eigenvalue weighted by atomic mass is 127. The Kier molecular flexibility index (Phi) is 4.23. The topological polar surface area (TPSA) is 0 Å². The molecule has 1 aromatic rings. The van der Waals surface area contributed by atoms with Gasteiger partial charge in [0.25, 0.3) is 0 Å². The van der Waals surface area contributed by atoms with Gasteiger partial charge in [-0.3, -0.25) is 0 Å². The molecule has 56 valence electrons. The molecule has 0 aliphatic carbocycles. The molecule has 0 nitrogen and oxygen atoms in total. The van der Waals surface area contributed by atoms with Crippen molar-refractivity contribution in [3.63, 3.8) is 0 Å². The summed E-state index contributed by atoms with van der Waals surface area (Å²) in [5.41, 5.74) is 1.13. The fourth-order valence-corrected chi connectivity index (χ4v) is 1.40. The molecule has 0 spiro atoms. The Balaban J connectivity index is 2.95. The minimum Gasteiger partial charge on any atom is -0.0872 e. The van der Waals surface area contributed by atoms with E-state index >= 15 is 0 Å². The summed E-state index contributed by atoms with van der Waals surface area (Å²) in [5, 5.41) is 0. The molecular formula is C9H6I2.